The monoisotopic (exact) mass is 1250 g/mol. The van der Waals surface area contributed by atoms with Crippen molar-refractivity contribution < 1.29 is 19.7 Å². The molecule has 0 fully saturated rings. The summed E-state index contributed by atoms with van der Waals surface area (Å²) in [6.45, 7) is 7.77. The molecular weight excluding hydrogens is 1170 g/mol. The van der Waals surface area contributed by atoms with Crippen molar-refractivity contribution in [3.63, 3.8) is 0 Å². The van der Waals surface area contributed by atoms with E-state index >= 15 is 0 Å². The lowest BCUT2D eigenvalue weighted by Crippen LogP contribution is -2.24. The van der Waals surface area contributed by atoms with Crippen LogP contribution in [0.15, 0.2) is 315 Å². The summed E-state index contributed by atoms with van der Waals surface area (Å²) in [4.78, 5) is 11.1. The van der Waals surface area contributed by atoms with E-state index in [1.807, 2.05) is 97.1 Å². The van der Waals surface area contributed by atoms with Gasteiger partial charge >= 0.3 is 0 Å². The average molecular weight is 1260 g/mol. The summed E-state index contributed by atoms with van der Waals surface area (Å²) in [5.41, 5.74) is 16.7. The summed E-state index contributed by atoms with van der Waals surface area (Å²) in [5.74, 6) is 3.07. The maximum absolute atomic E-state index is 10.1. The summed E-state index contributed by atoms with van der Waals surface area (Å²) < 4.78 is 11.0. The molecule has 466 valence electrons. The second-order valence-corrected chi connectivity index (χ2v) is 21.5. The zero-order valence-electron chi connectivity index (χ0n) is 51.7. The minimum Gasteiger partial charge on any atom is -0.508 e. The molecule has 0 aromatic heterocycles. The van der Waals surface area contributed by atoms with Crippen molar-refractivity contribution in [1.82, 2.24) is 4.90 Å². The lowest BCUT2D eigenvalue weighted by molar-refractivity contribution is 0.324. The van der Waals surface area contributed by atoms with E-state index < -0.39 is 0 Å². The molecule has 2 N–H and O–H groups in total. The van der Waals surface area contributed by atoms with E-state index in [4.69, 9.17) is 9.47 Å². The number of aromatic hydroxyl groups is 2. The van der Waals surface area contributed by atoms with Gasteiger partial charge in [-0.3, -0.25) is 0 Å². The first-order valence-electron chi connectivity index (χ1n) is 30.2. The Morgan fingerprint density at radius 2 is 0.522 bits per heavy atom. The highest BCUT2D eigenvalue weighted by atomic mass is 35.5. The number of halogens is 1. The standard InChI is InChI=1S/C38H32N2O2.C36H28N2O2.C6H15NS.CH4.ClH/c1-41-37-17-9-15-35(27-37)39(31-11-5-3-6-12-31)33-23-19-29(20-24-33)30-21-25-34(26-22-30)40(32-13-7-4-8-14-32)36-16-10-18-38(28-36)42-2;39-35-15-7-13-33(25-35)37(29-9-3-1-4-10-29)31-21-17-27(18-22-31)28-19-23-32(24-20-28)38(30-11-5-2-6-12-30)34-14-8-16-36(40)26-34;1-3-7(4-2)5-6-8;;/h3-28H,1-2H3;1-26,39-40H;8H,3-6H2,1-2H3;1H4;1H. The van der Waals surface area contributed by atoms with Gasteiger partial charge in [-0.05, 0) is 181 Å². The van der Waals surface area contributed by atoms with Gasteiger partial charge in [0, 0.05) is 105 Å². The van der Waals surface area contributed by atoms with Gasteiger partial charge in [0.05, 0.1) is 14.2 Å². The number of benzene rings is 12. The van der Waals surface area contributed by atoms with Crippen LogP contribution in [-0.2, 0) is 0 Å². The minimum atomic E-state index is 0. The number of hydrogen-bond acceptors (Lipinski definition) is 10. The van der Waals surface area contributed by atoms with Gasteiger partial charge in [0.2, 0.25) is 0 Å². The molecule has 0 saturated heterocycles. The fourth-order valence-corrected chi connectivity index (χ4v) is 11.0. The predicted octanol–water partition coefficient (Wildman–Crippen LogP) is 22.3. The first-order chi connectivity index (χ1) is 44.2. The van der Waals surface area contributed by atoms with Crippen LogP contribution in [0.3, 0.4) is 0 Å². The average Bonchev–Trinajstić information content (AvgIpc) is 0.957. The highest BCUT2D eigenvalue weighted by molar-refractivity contribution is 7.80. The van der Waals surface area contributed by atoms with Crippen LogP contribution < -0.4 is 29.1 Å². The van der Waals surface area contributed by atoms with Crippen molar-refractivity contribution in [2.24, 2.45) is 0 Å². The van der Waals surface area contributed by atoms with Gasteiger partial charge in [-0.2, -0.15) is 12.6 Å². The predicted molar refractivity (Wildman–Crippen MR) is 395 cm³/mol. The van der Waals surface area contributed by atoms with E-state index in [1.165, 1.54) is 0 Å². The Hall–Kier alpha value is -10.4. The number of phenolic OH excluding ortho intramolecular Hbond substituents is 2. The molecule has 0 aliphatic carbocycles. The fourth-order valence-electron chi connectivity index (χ4n) is 10.8. The second kappa shape index (κ2) is 34.0. The molecule has 0 bridgehead atoms. The highest BCUT2D eigenvalue weighted by Crippen LogP contribution is 2.42. The van der Waals surface area contributed by atoms with Crippen LogP contribution in [0.1, 0.15) is 21.3 Å². The van der Waals surface area contributed by atoms with Crippen molar-refractivity contribution in [3.05, 3.63) is 315 Å². The van der Waals surface area contributed by atoms with E-state index in [0.29, 0.717) is 0 Å². The Morgan fingerprint density at radius 3 is 0.739 bits per heavy atom. The first kappa shape index (κ1) is 67.6. The van der Waals surface area contributed by atoms with E-state index in [9.17, 15) is 10.2 Å². The third kappa shape index (κ3) is 17.3. The van der Waals surface area contributed by atoms with Crippen LogP contribution in [0, 0.1) is 0 Å². The number of methoxy groups -OCH3 is 2. The molecule has 11 heteroatoms. The number of ether oxygens (including phenoxy) is 2. The normalized spacial score (nSPS) is 10.4. The molecule has 12 aromatic rings. The number of rotatable bonds is 20. The van der Waals surface area contributed by atoms with Gasteiger partial charge in [-0.1, -0.05) is 167 Å². The zero-order valence-corrected chi connectivity index (χ0v) is 53.4. The van der Waals surface area contributed by atoms with Crippen molar-refractivity contribution in [1.29, 1.82) is 0 Å². The number of hydrogen-bond donors (Lipinski definition) is 3. The maximum atomic E-state index is 10.1. The molecule has 12 rings (SSSR count). The molecule has 0 aliphatic heterocycles. The van der Waals surface area contributed by atoms with Gasteiger partial charge in [0.15, 0.2) is 0 Å². The van der Waals surface area contributed by atoms with Crippen LogP contribution in [0.25, 0.3) is 22.3 Å². The zero-order chi connectivity index (χ0) is 62.4. The van der Waals surface area contributed by atoms with Crippen LogP contribution in [-0.4, -0.2) is 54.7 Å². The van der Waals surface area contributed by atoms with Gasteiger partial charge in [0.1, 0.15) is 23.0 Å². The minimum absolute atomic E-state index is 0. The Morgan fingerprint density at radius 1 is 0.293 bits per heavy atom. The van der Waals surface area contributed by atoms with Crippen molar-refractivity contribution in [3.8, 4) is 45.3 Å². The first-order valence-corrected chi connectivity index (χ1v) is 30.9. The fraction of sp³-hybridized carbons (Fsp3) is 0.111. The van der Waals surface area contributed by atoms with E-state index in [1.54, 1.807) is 38.5 Å². The van der Waals surface area contributed by atoms with Crippen molar-refractivity contribution >= 4 is 93.3 Å². The Balaban J connectivity index is 0.000000208. The maximum Gasteiger partial charge on any atom is 0.120 e. The summed E-state index contributed by atoms with van der Waals surface area (Å²) >= 11 is 4.13. The molecular formula is C81H80ClN5O4S. The number of phenols is 2. The molecule has 0 aliphatic rings. The lowest BCUT2D eigenvalue weighted by atomic mass is 10.0. The quantitative estimate of drug-likeness (QED) is 0.0647. The summed E-state index contributed by atoms with van der Waals surface area (Å²) in [7, 11) is 3.39. The Bertz CT molecular complexity index is 3850. The molecule has 0 amide bonds. The molecule has 0 saturated carbocycles. The molecule has 12 aromatic carbocycles. The smallest absolute Gasteiger partial charge is 0.120 e. The highest BCUT2D eigenvalue weighted by Gasteiger charge is 2.18. The van der Waals surface area contributed by atoms with E-state index in [0.717, 1.165) is 127 Å². The second-order valence-electron chi connectivity index (χ2n) is 21.1. The Labute approximate surface area is 555 Å². The molecule has 0 heterocycles. The summed E-state index contributed by atoms with van der Waals surface area (Å²) in [6.07, 6.45) is 0. The van der Waals surface area contributed by atoms with Gasteiger partial charge in [-0.25, -0.2) is 0 Å². The number of para-hydroxylation sites is 4. The van der Waals surface area contributed by atoms with Gasteiger partial charge in [-0.15, -0.1) is 12.4 Å². The molecule has 9 nitrogen and oxygen atoms in total. The van der Waals surface area contributed by atoms with Crippen LogP contribution in [0.4, 0.5) is 68.2 Å². The number of nitrogens with zero attached hydrogens (tertiary/aromatic N) is 5. The molecule has 0 unspecified atom stereocenters. The molecule has 0 atom stereocenters. The summed E-state index contributed by atoms with van der Waals surface area (Å²) in [5, 5.41) is 20.3. The van der Waals surface area contributed by atoms with Crippen molar-refractivity contribution in [2.45, 2.75) is 21.3 Å². The topological polar surface area (TPSA) is 75.1 Å². The third-order valence-corrected chi connectivity index (χ3v) is 15.5. The summed E-state index contributed by atoms with van der Waals surface area (Å²) in [6, 6.07) is 106. The Kier molecular flexibility index (Phi) is 25.0. The molecule has 0 spiro atoms. The van der Waals surface area contributed by atoms with Crippen LogP contribution in [0.5, 0.6) is 23.0 Å². The van der Waals surface area contributed by atoms with E-state index in [-0.39, 0.29) is 31.3 Å². The van der Waals surface area contributed by atoms with E-state index in [2.05, 4.69) is 245 Å². The van der Waals surface area contributed by atoms with Crippen LogP contribution in [0.2, 0.25) is 0 Å². The van der Waals surface area contributed by atoms with Crippen LogP contribution >= 0.6 is 25.0 Å². The van der Waals surface area contributed by atoms with Gasteiger partial charge < -0.3 is 44.2 Å². The number of anilines is 12. The SMILES string of the molecule is C.CCN(CC)CCS.COc1cccc(N(c2ccccc2)c2ccc(-c3ccc(N(c4ccccc4)c4cccc(OC)c4)cc3)cc2)c1.Cl.Oc1cccc(N(c2ccccc2)c2ccc(-c3ccc(N(c4ccccc4)c4cccc(O)c4)cc3)cc2)c1. The molecule has 0 radical (unpaired) electrons. The van der Waals surface area contributed by atoms with Gasteiger partial charge in [0.25, 0.3) is 0 Å². The molecule has 92 heavy (non-hydrogen) atoms. The lowest BCUT2D eigenvalue weighted by Gasteiger charge is -2.26. The largest absolute Gasteiger partial charge is 0.508 e. The third-order valence-electron chi connectivity index (χ3n) is 15.3. The number of thiol groups is 1. The van der Waals surface area contributed by atoms with Crippen molar-refractivity contribution in [2.75, 3.05) is 59.2 Å².